The molecule has 0 heterocycles. The first-order valence-electron chi connectivity index (χ1n) is 8.21. The predicted molar refractivity (Wildman–Crippen MR) is 88.4 cm³/mol. The first-order chi connectivity index (χ1) is 11.1. The molecule has 1 saturated carbocycles. The van der Waals surface area contributed by atoms with Crippen LogP contribution in [-0.4, -0.2) is 25.5 Å². The highest BCUT2D eigenvalue weighted by Gasteiger charge is 2.35. The maximum Gasteiger partial charge on any atom is 0.310 e. The van der Waals surface area contributed by atoms with Gasteiger partial charge in [-0.1, -0.05) is 36.8 Å². The lowest BCUT2D eigenvalue weighted by Gasteiger charge is -2.27. The molecule has 1 aromatic rings. The van der Waals surface area contributed by atoms with Crippen LogP contribution in [0.15, 0.2) is 30.3 Å². The molecule has 4 atom stereocenters. The minimum atomic E-state index is -0.455. The molecule has 1 aliphatic rings. The average Bonchev–Trinajstić information content (AvgIpc) is 3.07. The van der Waals surface area contributed by atoms with E-state index in [0.717, 1.165) is 24.8 Å². The van der Waals surface area contributed by atoms with E-state index in [9.17, 15) is 9.59 Å². The van der Waals surface area contributed by atoms with Gasteiger partial charge in [0.25, 0.3) is 0 Å². The molecule has 3 N–H and O–H groups in total. The molecule has 0 aromatic heterocycles. The quantitative estimate of drug-likeness (QED) is 0.786. The fourth-order valence-electron chi connectivity index (χ4n) is 3.40. The van der Waals surface area contributed by atoms with Crippen molar-refractivity contribution in [1.29, 1.82) is 0 Å². The van der Waals surface area contributed by atoms with Gasteiger partial charge in [0, 0.05) is 5.92 Å². The summed E-state index contributed by atoms with van der Waals surface area (Å²) in [6.45, 7) is 2.31. The van der Waals surface area contributed by atoms with Crippen LogP contribution < -0.4 is 11.1 Å². The van der Waals surface area contributed by atoms with E-state index >= 15 is 0 Å². The number of amides is 1. The summed E-state index contributed by atoms with van der Waals surface area (Å²) < 4.78 is 4.85. The molecule has 5 heteroatoms. The van der Waals surface area contributed by atoms with E-state index in [1.165, 1.54) is 7.11 Å². The number of hydrogen-bond donors (Lipinski definition) is 2. The van der Waals surface area contributed by atoms with Gasteiger partial charge in [0.15, 0.2) is 0 Å². The van der Waals surface area contributed by atoms with Crippen LogP contribution in [0.4, 0.5) is 0 Å². The molecule has 0 spiro atoms. The highest BCUT2D eigenvalue weighted by Crippen LogP contribution is 2.32. The topological polar surface area (TPSA) is 81.4 Å². The summed E-state index contributed by atoms with van der Waals surface area (Å²) in [4.78, 5) is 24.7. The van der Waals surface area contributed by atoms with Crippen molar-refractivity contribution in [3.8, 4) is 0 Å². The number of esters is 1. The Morgan fingerprint density at radius 2 is 2.00 bits per heavy atom. The van der Waals surface area contributed by atoms with Crippen LogP contribution >= 0.6 is 0 Å². The fourth-order valence-corrected chi connectivity index (χ4v) is 3.40. The van der Waals surface area contributed by atoms with Gasteiger partial charge >= 0.3 is 5.97 Å². The third-order valence-corrected chi connectivity index (χ3v) is 4.83. The van der Waals surface area contributed by atoms with Crippen molar-refractivity contribution in [2.24, 2.45) is 23.5 Å². The van der Waals surface area contributed by atoms with Crippen LogP contribution in [0.1, 0.15) is 37.8 Å². The van der Waals surface area contributed by atoms with Gasteiger partial charge in [-0.05, 0) is 37.8 Å². The molecule has 0 saturated heterocycles. The first-order valence-corrected chi connectivity index (χ1v) is 8.21. The summed E-state index contributed by atoms with van der Waals surface area (Å²) in [6.07, 6.45) is 2.89. The number of nitrogens with one attached hydrogen (secondary N) is 1. The summed E-state index contributed by atoms with van der Waals surface area (Å²) >= 11 is 0. The molecule has 0 bridgehead atoms. The van der Waals surface area contributed by atoms with Crippen LogP contribution in [-0.2, 0) is 14.3 Å². The van der Waals surface area contributed by atoms with Crippen molar-refractivity contribution in [3.05, 3.63) is 35.9 Å². The number of nitrogens with two attached hydrogens (primary N) is 1. The normalized spacial score (nSPS) is 23.1. The van der Waals surface area contributed by atoms with Crippen LogP contribution in [0.5, 0.6) is 0 Å². The summed E-state index contributed by atoms with van der Waals surface area (Å²) in [6, 6.07) is 9.15. The molecule has 1 aromatic carbocycles. The second kappa shape index (κ2) is 8.11. The van der Waals surface area contributed by atoms with Crippen molar-refractivity contribution in [3.63, 3.8) is 0 Å². The molecule has 0 aliphatic heterocycles. The molecule has 0 radical (unpaired) electrons. The second-order valence-electron chi connectivity index (χ2n) is 6.24. The van der Waals surface area contributed by atoms with Gasteiger partial charge in [0.05, 0.1) is 19.1 Å². The fraction of sp³-hybridized carbons (Fsp3) is 0.556. The van der Waals surface area contributed by atoms with Crippen LogP contribution in [0, 0.1) is 17.8 Å². The number of carbonyl (C=O) groups is 2. The second-order valence-corrected chi connectivity index (χ2v) is 6.24. The van der Waals surface area contributed by atoms with Crippen LogP contribution in [0.25, 0.3) is 0 Å². The van der Waals surface area contributed by atoms with Crippen molar-refractivity contribution in [1.82, 2.24) is 5.32 Å². The Balaban J connectivity index is 2.17. The Hall–Kier alpha value is -1.88. The highest BCUT2D eigenvalue weighted by molar-refractivity contribution is 5.81. The Bertz CT molecular complexity index is 532. The number of rotatable bonds is 6. The molecule has 1 fully saturated rings. The minimum Gasteiger partial charge on any atom is -0.469 e. The van der Waals surface area contributed by atoms with E-state index in [4.69, 9.17) is 10.5 Å². The lowest BCUT2D eigenvalue weighted by molar-refractivity contribution is -0.146. The van der Waals surface area contributed by atoms with Crippen LogP contribution in [0.3, 0.4) is 0 Å². The third kappa shape index (κ3) is 4.10. The lowest BCUT2D eigenvalue weighted by atomic mass is 9.91. The number of ether oxygens (including phenoxy) is 1. The number of hydrogen-bond acceptors (Lipinski definition) is 4. The average molecular weight is 318 g/mol. The monoisotopic (exact) mass is 318 g/mol. The van der Waals surface area contributed by atoms with Gasteiger partial charge in [-0.15, -0.1) is 0 Å². The zero-order valence-electron chi connectivity index (χ0n) is 13.8. The molecule has 126 valence electrons. The van der Waals surface area contributed by atoms with E-state index in [1.807, 2.05) is 30.3 Å². The molecule has 5 nitrogen and oxygen atoms in total. The third-order valence-electron chi connectivity index (χ3n) is 4.83. The number of carbonyl (C=O) groups excluding carboxylic acids is 2. The van der Waals surface area contributed by atoms with Gasteiger partial charge in [-0.25, -0.2) is 0 Å². The van der Waals surface area contributed by atoms with Gasteiger partial charge in [-0.3, -0.25) is 9.59 Å². The Kier molecular flexibility index (Phi) is 6.16. The van der Waals surface area contributed by atoms with E-state index in [0.29, 0.717) is 6.54 Å². The molecular formula is C18H26N2O3. The van der Waals surface area contributed by atoms with E-state index in [-0.39, 0.29) is 23.7 Å². The first kappa shape index (κ1) is 17.5. The largest absolute Gasteiger partial charge is 0.469 e. The van der Waals surface area contributed by atoms with Crippen molar-refractivity contribution in [2.45, 2.75) is 32.2 Å². The molecule has 23 heavy (non-hydrogen) atoms. The smallest absolute Gasteiger partial charge is 0.310 e. The zero-order chi connectivity index (χ0) is 16.8. The summed E-state index contributed by atoms with van der Waals surface area (Å²) in [7, 11) is 1.37. The Morgan fingerprint density at radius 3 is 2.61 bits per heavy atom. The Morgan fingerprint density at radius 1 is 1.30 bits per heavy atom. The SMILES string of the molecule is COC(=O)C(C)C(NC(=O)[C@@H]1CCC[C@@H]1CN)c1ccccc1. The maximum absolute atomic E-state index is 12.7. The van der Waals surface area contributed by atoms with Gasteiger partial charge in [-0.2, -0.15) is 0 Å². The minimum absolute atomic E-state index is 0.0115. The van der Waals surface area contributed by atoms with E-state index in [2.05, 4.69) is 5.32 Å². The van der Waals surface area contributed by atoms with E-state index < -0.39 is 12.0 Å². The highest BCUT2D eigenvalue weighted by atomic mass is 16.5. The van der Waals surface area contributed by atoms with Gasteiger partial charge in [0.2, 0.25) is 5.91 Å². The standard InChI is InChI=1S/C18H26N2O3/c1-12(18(22)23-2)16(13-7-4-3-5-8-13)20-17(21)15-10-6-9-14(15)11-19/h3-5,7-8,12,14-16H,6,9-11,19H2,1-2H3,(H,20,21)/t12?,14-,15-,16?/m1/s1. The van der Waals surface area contributed by atoms with Gasteiger partial charge in [0.1, 0.15) is 0 Å². The molecule has 2 unspecified atom stereocenters. The molecule has 1 amide bonds. The number of benzene rings is 1. The zero-order valence-corrected chi connectivity index (χ0v) is 13.8. The van der Waals surface area contributed by atoms with Crippen molar-refractivity contribution < 1.29 is 14.3 Å². The Labute approximate surface area is 137 Å². The summed E-state index contributed by atoms with van der Waals surface area (Å²) in [5.41, 5.74) is 6.68. The summed E-state index contributed by atoms with van der Waals surface area (Å²) in [5, 5.41) is 3.06. The molecule has 2 rings (SSSR count). The molecule has 1 aliphatic carbocycles. The van der Waals surface area contributed by atoms with E-state index in [1.54, 1.807) is 6.92 Å². The molecular weight excluding hydrogens is 292 g/mol. The predicted octanol–water partition coefficient (Wildman–Crippen LogP) is 2.03. The lowest BCUT2D eigenvalue weighted by Crippen LogP contribution is -2.41. The van der Waals surface area contributed by atoms with Crippen molar-refractivity contribution >= 4 is 11.9 Å². The van der Waals surface area contributed by atoms with Gasteiger partial charge < -0.3 is 15.8 Å². The number of methoxy groups -OCH3 is 1. The summed E-state index contributed by atoms with van der Waals surface area (Å²) in [5.74, 6) is -0.622. The van der Waals surface area contributed by atoms with Crippen LogP contribution in [0.2, 0.25) is 0 Å². The van der Waals surface area contributed by atoms with Crippen molar-refractivity contribution in [2.75, 3.05) is 13.7 Å². The maximum atomic E-state index is 12.7.